The summed E-state index contributed by atoms with van der Waals surface area (Å²) in [6.45, 7) is 1.38. The van der Waals surface area contributed by atoms with Gasteiger partial charge in [0.05, 0.1) is 7.11 Å². The summed E-state index contributed by atoms with van der Waals surface area (Å²) in [7, 11) is 1.66. The smallest absolute Gasteiger partial charge is 0.407 e. The van der Waals surface area contributed by atoms with Gasteiger partial charge in [0.15, 0.2) is 0 Å². The normalized spacial score (nSPS) is 27.7. The first-order valence-corrected chi connectivity index (χ1v) is 7.55. The van der Waals surface area contributed by atoms with Crippen LogP contribution in [0.4, 0.5) is 4.79 Å². The van der Waals surface area contributed by atoms with Gasteiger partial charge in [-0.05, 0) is 36.5 Å². The summed E-state index contributed by atoms with van der Waals surface area (Å²) in [6, 6.07) is 8.48. The van der Waals surface area contributed by atoms with Crippen molar-refractivity contribution in [3.8, 4) is 5.75 Å². The molecule has 0 aromatic heterocycles. The molecule has 1 saturated heterocycles. The van der Waals surface area contributed by atoms with Gasteiger partial charge in [0.1, 0.15) is 5.75 Å². The van der Waals surface area contributed by atoms with Crippen LogP contribution in [0.1, 0.15) is 24.8 Å². The van der Waals surface area contributed by atoms with Crippen LogP contribution < -0.4 is 10.1 Å². The largest absolute Gasteiger partial charge is 0.497 e. The monoisotopic (exact) mass is 290 g/mol. The van der Waals surface area contributed by atoms with E-state index in [2.05, 4.69) is 5.32 Å². The Kier molecular flexibility index (Phi) is 4.01. The molecule has 1 aromatic carbocycles. The van der Waals surface area contributed by atoms with Gasteiger partial charge in [0.25, 0.3) is 0 Å². The number of benzene rings is 1. The molecule has 3 atom stereocenters. The van der Waals surface area contributed by atoms with E-state index in [4.69, 9.17) is 4.74 Å². The summed E-state index contributed by atoms with van der Waals surface area (Å²) in [4.78, 5) is 12.9. The molecule has 1 aliphatic carbocycles. The number of hydrogen-bond acceptors (Lipinski definition) is 3. The number of carbonyl (C=O) groups is 1. The second-order valence-electron chi connectivity index (χ2n) is 5.93. The van der Waals surface area contributed by atoms with E-state index in [1.54, 1.807) is 12.0 Å². The van der Waals surface area contributed by atoms with Crippen molar-refractivity contribution >= 4 is 6.09 Å². The number of methoxy groups -OCH3 is 1. The highest BCUT2D eigenvalue weighted by Gasteiger charge is 2.46. The van der Waals surface area contributed by atoms with Crippen LogP contribution in [0.15, 0.2) is 24.3 Å². The van der Waals surface area contributed by atoms with Gasteiger partial charge in [-0.3, -0.25) is 0 Å². The molecule has 3 rings (SSSR count). The van der Waals surface area contributed by atoms with Crippen LogP contribution in [0.2, 0.25) is 0 Å². The fraction of sp³-hybridized carbons (Fsp3) is 0.562. The fourth-order valence-electron chi connectivity index (χ4n) is 3.74. The first kappa shape index (κ1) is 14.2. The highest BCUT2D eigenvalue weighted by atomic mass is 16.5. The van der Waals surface area contributed by atoms with Crippen LogP contribution in [0.5, 0.6) is 5.75 Å². The number of amides is 1. The molecule has 2 aliphatic rings. The van der Waals surface area contributed by atoms with Crippen LogP contribution in [-0.2, 0) is 6.54 Å². The minimum atomic E-state index is -0.777. The van der Waals surface area contributed by atoms with Crippen LogP contribution in [0.25, 0.3) is 0 Å². The van der Waals surface area contributed by atoms with Gasteiger partial charge in [0.2, 0.25) is 0 Å². The van der Waals surface area contributed by atoms with Crippen molar-refractivity contribution in [1.82, 2.24) is 10.2 Å². The predicted octanol–water partition coefficient (Wildman–Crippen LogP) is 2.32. The average molecular weight is 290 g/mol. The molecular weight excluding hydrogens is 268 g/mol. The summed E-state index contributed by atoms with van der Waals surface area (Å²) in [5, 5.41) is 12.9. The highest BCUT2D eigenvalue weighted by molar-refractivity contribution is 5.66. The Hall–Kier alpha value is -1.75. The van der Waals surface area contributed by atoms with Gasteiger partial charge in [-0.2, -0.15) is 0 Å². The van der Waals surface area contributed by atoms with E-state index in [0.29, 0.717) is 12.5 Å². The summed E-state index contributed by atoms with van der Waals surface area (Å²) < 4.78 is 5.15. The number of nitrogens with zero attached hydrogens (tertiary/aromatic N) is 1. The Morgan fingerprint density at radius 2 is 2.14 bits per heavy atom. The third-order valence-electron chi connectivity index (χ3n) is 4.82. The molecule has 1 amide bonds. The zero-order valence-electron chi connectivity index (χ0n) is 12.3. The maximum atomic E-state index is 11.3. The van der Waals surface area contributed by atoms with Crippen molar-refractivity contribution in [3.05, 3.63) is 29.8 Å². The number of fused-ring (bicyclic) bond motifs is 1. The summed E-state index contributed by atoms with van der Waals surface area (Å²) in [6.07, 6.45) is 2.51. The molecule has 21 heavy (non-hydrogen) atoms. The lowest BCUT2D eigenvalue weighted by atomic mass is 9.99. The molecule has 5 nitrogen and oxygen atoms in total. The maximum Gasteiger partial charge on any atom is 0.407 e. The van der Waals surface area contributed by atoms with Gasteiger partial charge >= 0.3 is 6.09 Å². The molecule has 0 radical (unpaired) electrons. The SMILES string of the molecule is COc1ccc(CNC2CN(C(=O)O)C3CCCC23)cc1. The van der Waals surface area contributed by atoms with E-state index >= 15 is 0 Å². The van der Waals surface area contributed by atoms with Gasteiger partial charge < -0.3 is 20.1 Å². The molecule has 3 unspecified atom stereocenters. The molecule has 0 bridgehead atoms. The Balaban J connectivity index is 1.60. The van der Waals surface area contributed by atoms with Crippen LogP contribution in [-0.4, -0.2) is 41.8 Å². The van der Waals surface area contributed by atoms with E-state index in [1.165, 1.54) is 5.56 Å². The maximum absolute atomic E-state index is 11.3. The quantitative estimate of drug-likeness (QED) is 0.893. The van der Waals surface area contributed by atoms with E-state index in [1.807, 2.05) is 24.3 Å². The number of carboxylic acid groups (broad SMARTS) is 1. The Morgan fingerprint density at radius 1 is 1.38 bits per heavy atom. The molecule has 0 spiro atoms. The van der Waals surface area contributed by atoms with Crippen molar-refractivity contribution in [3.63, 3.8) is 0 Å². The molecule has 1 aliphatic heterocycles. The molecule has 1 aromatic rings. The third-order valence-corrected chi connectivity index (χ3v) is 4.82. The van der Waals surface area contributed by atoms with E-state index in [9.17, 15) is 9.90 Å². The third kappa shape index (κ3) is 2.83. The minimum Gasteiger partial charge on any atom is -0.497 e. The van der Waals surface area contributed by atoms with E-state index < -0.39 is 6.09 Å². The molecule has 2 fully saturated rings. The molecule has 114 valence electrons. The Bertz CT molecular complexity index is 503. The number of rotatable bonds is 4. The fourth-order valence-corrected chi connectivity index (χ4v) is 3.74. The highest BCUT2D eigenvalue weighted by Crippen LogP contribution is 2.38. The number of ether oxygens (including phenoxy) is 1. The number of likely N-dealkylation sites (tertiary alicyclic amines) is 1. The lowest BCUT2D eigenvalue weighted by Crippen LogP contribution is -2.37. The zero-order valence-corrected chi connectivity index (χ0v) is 12.3. The van der Waals surface area contributed by atoms with Crippen LogP contribution in [0, 0.1) is 5.92 Å². The van der Waals surface area contributed by atoms with Gasteiger partial charge in [-0.15, -0.1) is 0 Å². The average Bonchev–Trinajstić information content (AvgIpc) is 3.08. The number of nitrogens with one attached hydrogen (secondary N) is 1. The van der Waals surface area contributed by atoms with Crippen molar-refractivity contribution in [2.24, 2.45) is 5.92 Å². The first-order chi connectivity index (χ1) is 10.2. The van der Waals surface area contributed by atoms with E-state index in [-0.39, 0.29) is 12.1 Å². The molecule has 1 saturated carbocycles. The lowest BCUT2D eigenvalue weighted by molar-refractivity contribution is 0.137. The first-order valence-electron chi connectivity index (χ1n) is 7.55. The van der Waals surface area contributed by atoms with Gasteiger partial charge in [-0.1, -0.05) is 18.6 Å². The summed E-state index contributed by atoms with van der Waals surface area (Å²) >= 11 is 0. The minimum absolute atomic E-state index is 0.218. The standard InChI is InChI=1S/C16H22N2O3/c1-21-12-7-5-11(6-8-12)9-17-14-10-18(16(19)20)15-4-2-3-13(14)15/h5-8,13-15,17H,2-4,9-10H2,1H3,(H,19,20). The Labute approximate surface area is 124 Å². The van der Waals surface area contributed by atoms with Crippen molar-refractivity contribution in [2.75, 3.05) is 13.7 Å². The second kappa shape index (κ2) is 5.93. The number of hydrogen-bond donors (Lipinski definition) is 2. The van der Waals surface area contributed by atoms with Crippen LogP contribution >= 0.6 is 0 Å². The molecular formula is C16H22N2O3. The predicted molar refractivity (Wildman–Crippen MR) is 79.5 cm³/mol. The van der Waals surface area contributed by atoms with Crippen molar-refractivity contribution in [1.29, 1.82) is 0 Å². The van der Waals surface area contributed by atoms with Crippen molar-refractivity contribution < 1.29 is 14.6 Å². The summed E-state index contributed by atoms with van der Waals surface area (Å²) in [5.74, 6) is 1.33. The topological polar surface area (TPSA) is 61.8 Å². The second-order valence-corrected chi connectivity index (χ2v) is 5.93. The molecule has 1 heterocycles. The van der Waals surface area contributed by atoms with E-state index in [0.717, 1.165) is 31.6 Å². The van der Waals surface area contributed by atoms with Crippen LogP contribution in [0.3, 0.4) is 0 Å². The Morgan fingerprint density at radius 3 is 2.81 bits per heavy atom. The lowest BCUT2D eigenvalue weighted by Gasteiger charge is -2.19. The summed E-state index contributed by atoms with van der Waals surface area (Å²) in [5.41, 5.74) is 1.19. The molecule has 5 heteroatoms. The van der Waals surface area contributed by atoms with Gasteiger partial charge in [0, 0.05) is 25.2 Å². The van der Waals surface area contributed by atoms with Crippen molar-refractivity contribution in [2.45, 2.75) is 37.9 Å². The zero-order chi connectivity index (χ0) is 14.8. The molecule has 2 N–H and O–H groups in total. The van der Waals surface area contributed by atoms with Gasteiger partial charge in [-0.25, -0.2) is 4.79 Å².